The first kappa shape index (κ1) is 12.0. The molecule has 0 saturated heterocycles. The summed E-state index contributed by atoms with van der Waals surface area (Å²) in [6, 6.07) is 7.44. The predicted octanol–water partition coefficient (Wildman–Crippen LogP) is 2.36. The van der Waals surface area contributed by atoms with Gasteiger partial charge >= 0.3 is 0 Å². The third-order valence-corrected chi connectivity index (χ3v) is 4.02. The number of aryl methyl sites for hydroxylation is 1. The van der Waals surface area contributed by atoms with Crippen molar-refractivity contribution in [1.29, 1.82) is 5.26 Å². The quantitative estimate of drug-likeness (QED) is 0.920. The molecule has 4 nitrogen and oxygen atoms in total. The topological polar surface area (TPSA) is 69.8 Å². The first-order chi connectivity index (χ1) is 8.22. The van der Waals surface area contributed by atoms with Gasteiger partial charge in [-0.3, -0.25) is 0 Å². The van der Waals surface area contributed by atoms with E-state index < -0.39 is 0 Å². The average molecular weight is 263 g/mol. The molecule has 0 aliphatic rings. The van der Waals surface area contributed by atoms with E-state index in [0.29, 0.717) is 5.56 Å². The lowest BCUT2D eigenvalue weighted by Crippen LogP contribution is -1.87. The second-order valence-corrected chi connectivity index (χ2v) is 5.76. The number of aliphatic hydroxyl groups excluding tert-OH is 1. The van der Waals surface area contributed by atoms with Gasteiger partial charge in [0, 0.05) is 4.90 Å². The van der Waals surface area contributed by atoms with E-state index in [9.17, 15) is 0 Å². The molecule has 0 aliphatic carbocycles. The van der Waals surface area contributed by atoms with Crippen molar-refractivity contribution in [2.24, 2.45) is 0 Å². The largest absolute Gasteiger partial charge is 0.392 e. The number of hydrogen-bond donors (Lipinski definition) is 1. The highest BCUT2D eigenvalue weighted by molar-refractivity contribution is 8.01. The highest BCUT2D eigenvalue weighted by Gasteiger charge is 2.08. The van der Waals surface area contributed by atoms with E-state index in [0.717, 1.165) is 19.8 Å². The molecule has 1 aromatic heterocycles. The Labute approximate surface area is 107 Å². The van der Waals surface area contributed by atoms with Crippen molar-refractivity contribution in [3.8, 4) is 6.07 Å². The summed E-state index contributed by atoms with van der Waals surface area (Å²) >= 11 is 2.91. The zero-order chi connectivity index (χ0) is 12.3. The number of benzene rings is 1. The fraction of sp³-hybridized carbons (Fsp3) is 0.182. The van der Waals surface area contributed by atoms with Gasteiger partial charge in [-0.2, -0.15) is 5.26 Å². The summed E-state index contributed by atoms with van der Waals surface area (Å²) in [6.07, 6.45) is 0. The van der Waals surface area contributed by atoms with E-state index in [1.165, 1.54) is 23.1 Å². The highest BCUT2D eigenvalue weighted by atomic mass is 32.2. The van der Waals surface area contributed by atoms with E-state index in [-0.39, 0.29) is 6.61 Å². The van der Waals surface area contributed by atoms with Crippen LogP contribution in [0.5, 0.6) is 0 Å². The van der Waals surface area contributed by atoms with Crippen LogP contribution in [0.4, 0.5) is 0 Å². The number of aliphatic hydroxyl groups is 1. The molecule has 0 fully saturated rings. The maximum absolute atomic E-state index is 9.04. The summed E-state index contributed by atoms with van der Waals surface area (Å²) in [5.74, 6) is 0. The number of nitrogens with zero attached hydrogens (tertiary/aromatic N) is 3. The van der Waals surface area contributed by atoms with Crippen LogP contribution in [0.15, 0.2) is 27.4 Å². The molecule has 17 heavy (non-hydrogen) atoms. The molecule has 2 aromatic rings. The minimum absolute atomic E-state index is 0.0580. The molecule has 0 spiro atoms. The Hall–Kier alpha value is -1.42. The van der Waals surface area contributed by atoms with Crippen LogP contribution in [0.25, 0.3) is 0 Å². The van der Waals surface area contributed by atoms with Gasteiger partial charge in [0.25, 0.3) is 0 Å². The third kappa shape index (κ3) is 2.82. The van der Waals surface area contributed by atoms with E-state index in [1.54, 1.807) is 12.1 Å². The molecule has 1 heterocycles. The van der Waals surface area contributed by atoms with Gasteiger partial charge in [-0.25, -0.2) is 0 Å². The SMILES string of the molecule is Cc1nnc(Sc2ccc(CO)cc2C#N)s1. The van der Waals surface area contributed by atoms with Gasteiger partial charge < -0.3 is 5.11 Å². The second-order valence-electron chi connectivity index (χ2n) is 3.29. The molecule has 0 amide bonds. The Balaban J connectivity index is 2.30. The summed E-state index contributed by atoms with van der Waals surface area (Å²) in [5, 5.41) is 26.9. The second kappa shape index (κ2) is 5.27. The van der Waals surface area contributed by atoms with Gasteiger partial charge in [0.05, 0.1) is 12.2 Å². The summed E-state index contributed by atoms with van der Waals surface area (Å²) in [6.45, 7) is 1.83. The Morgan fingerprint density at radius 3 is 2.88 bits per heavy atom. The molecule has 1 N–H and O–H groups in total. The fourth-order valence-electron chi connectivity index (χ4n) is 1.27. The fourth-order valence-corrected chi connectivity index (χ4v) is 3.10. The van der Waals surface area contributed by atoms with Gasteiger partial charge in [-0.15, -0.1) is 10.2 Å². The van der Waals surface area contributed by atoms with Crippen molar-refractivity contribution < 1.29 is 5.11 Å². The van der Waals surface area contributed by atoms with Gasteiger partial charge in [0.2, 0.25) is 0 Å². The minimum atomic E-state index is -0.0580. The van der Waals surface area contributed by atoms with Gasteiger partial charge in [0.1, 0.15) is 11.1 Å². The van der Waals surface area contributed by atoms with Gasteiger partial charge in [-0.1, -0.05) is 29.2 Å². The maximum atomic E-state index is 9.04. The molecule has 0 atom stereocenters. The lowest BCUT2D eigenvalue weighted by molar-refractivity contribution is 0.281. The molecular weight excluding hydrogens is 254 g/mol. The third-order valence-electron chi connectivity index (χ3n) is 2.05. The maximum Gasteiger partial charge on any atom is 0.179 e. The smallest absolute Gasteiger partial charge is 0.179 e. The Morgan fingerprint density at radius 2 is 2.29 bits per heavy atom. The van der Waals surface area contributed by atoms with E-state index in [1.807, 2.05) is 13.0 Å². The molecule has 6 heteroatoms. The van der Waals surface area contributed by atoms with Crippen molar-refractivity contribution >= 4 is 23.1 Å². The van der Waals surface area contributed by atoms with Crippen molar-refractivity contribution in [3.63, 3.8) is 0 Å². The lowest BCUT2D eigenvalue weighted by Gasteiger charge is -2.02. The summed E-state index contributed by atoms with van der Waals surface area (Å²) in [4.78, 5) is 0.834. The minimum Gasteiger partial charge on any atom is -0.392 e. The zero-order valence-electron chi connectivity index (χ0n) is 9.04. The molecule has 1 aromatic carbocycles. The number of rotatable bonds is 3. The van der Waals surface area contributed by atoms with Crippen molar-refractivity contribution in [2.45, 2.75) is 22.8 Å². The van der Waals surface area contributed by atoms with Crippen LogP contribution in [0, 0.1) is 18.3 Å². The zero-order valence-corrected chi connectivity index (χ0v) is 10.7. The van der Waals surface area contributed by atoms with Crippen LogP contribution < -0.4 is 0 Å². The van der Waals surface area contributed by atoms with Crippen molar-refractivity contribution in [2.75, 3.05) is 0 Å². The summed E-state index contributed by atoms with van der Waals surface area (Å²) in [7, 11) is 0. The molecule has 0 bridgehead atoms. The van der Waals surface area contributed by atoms with E-state index in [2.05, 4.69) is 16.3 Å². The first-order valence-corrected chi connectivity index (χ1v) is 6.48. The van der Waals surface area contributed by atoms with Gasteiger partial charge in [-0.05, 0) is 24.6 Å². The van der Waals surface area contributed by atoms with E-state index in [4.69, 9.17) is 10.4 Å². The predicted molar refractivity (Wildman–Crippen MR) is 65.8 cm³/mol. The molecular formula is C11H9N3OS2. The highest BCUT2D eigenvalue weighted by Crippen LogP contribution is 2.32. The normalized spacial score (nSPS) is 10.2. The Bertz CT molecular complexity index is 574. The van der Waals surface area contributed by atoms with Crippen LogP contribution in [-0.4, -0.2) is 15.3 Å². The molecule has 86 valence electrons. The van der Waals surface area contributed by atoms with Crippen LogP contribution in [0.1, 0.15) is 16.1 Å². The van der Waals surface area contributed by atoms with Crippen LogP contribution >= 0.6 is 23.1 Å². The Morgan fingerprint density at radius 1 is 1.47 bits per heavy atom. The van der Waals surface area contributed by atoms with Crippen LogP contribution in [0.3, 0.4) is 0 Å². The van der Waals surface area contributed by atoms with Crippen LogP contribution in [0.2, 0.25) is 0 Å². The average Bonchev–Trinajstić information content (AvgIpc) is 2.75. The molecule has 0 unspecified atom stereocenters. The van der Waals surface area contributed by atoms with Crippen molar-refractivity contribution in [3.05, 3.63) is 34.3 Å². The number of aromatic nitrogens is 2. The van der Waals surface area contributed by atoms with Gasteiger partial charge in [0.15, 0.2) is 4.34 Å². The van der Waals surface area contributed by atoms with E-state index >= 15 is 0 Å². The lowest BCUT2D eigenvalue weighted by atomic mass is 10.1. The summed E-state index contributed by atoms with van der Waals surface area (Å²) < 4.78 is 0.816. The molecule has 0 aliphatic heterocycles. The van der Waals surface area contributed by atoms with Crippen molar-refractivity contribution in [1.82, 2.24) is 10.2 Å². The van der Waals surface area contributed by atoms with Crippen LogP contribution in [-0.2, 0) is 6.61 Å². The monoisotopic (exact) mass is 263 g/mol. The number of hydrogen-bond acceptors (Lipinski definition) is 6. The molecule has 0 radical (unpaired) electrons. The molecule has 0 saturated carbocycles. The first-order valence-electron chi connectivity index (χ1n) is 4.85. The number of nitriles is 1. The summed E-state index contributed by atoms with van der Waals surface area (Å²) in [5.41, 5.74) is 1.29. The standard InChI is InChI=1S/C11H9N3OS2/c1-7-13-14-11(16-7)17-10-3-2-8(6-15)4-9(10)5-12/h2-4,15H,6H2,1H3. The molecule has 2 rings (SSSR count). The Kier molecular flexibility index (Phi) is 3.74.